The Morgan fingerprint density at radius 3 is 2.80 bits per heavy atom. The van der Waals surface area contributed by atoms with E-state index in [1.54, 1.807) is 19.2 Å². The highest BCUT2D eigenvalue weighted by atomic mass is 16.5. The van der Waals surface area contributed by atoms with Crippen LogP contribution in [0.15, 0.2) is 33.2 Å². The van der Waals surface area contributed by atoms with Gasteiger partial charge in [0.15, 0.2) is 11.3 Å². The molecule has 0 aliphatic carbocycles. The van der Waals surface area contributed by atoms with Gasteiger partial charge in [-0.2, -0.15) is 0 Å². The van der Waals surface area contributed by atoms with Gasteiger partial charge in [0.1, 0.15) is 11.5 Å². The number of nitrogens with zero attached hydrogens (tertiary/aromatic N) is 1. The Morgan fingerprint density at radius 1 is 1.35 bits per heavy atom. The molecule has 0 radical (unpaired) electrons. The van der Waals surface area contributed by atoms with Crippen molar-refractivity contribution in [2.75, 3.05) is 7.11 Å². The van der Waals surface area contributed by atoms with Crippen molar-refractivity contribution in [3.63, 3.8) is 0 Å². The van der Waals surface area contributed by atoms with E-state index in [0.29, 0.717) is 17.0 Å². The van der Waals surface area contributed by atoms with E-state index in [1.165, 1.54) is 6.07 Å². The van der Waals surface area contributed by atoms with Crippen LogP contribution in [0.3, 0.4) is 0 Å². The summed E-state index contributed by atoms with van der Waals surface area (Å²) in [5.41, 5.74) is 1.77. The lowest BCUT2D eigenvalue weighted by Crippen LogP contribution is -1.91. The van der Waals surface area contributed by atoms with Gasteiger partial charge >= 0.3 is 5.97 Å². The molecule has 0 saturated heterocycles. The van der Waals surface area contributed by atoms with Crippen molar-refractivity contribution in [1.29, 1.82) is 0 Å². The van der Waals surface area contributed by atoms with Gasteiger partial charge in [0.25, 0.3) is 0 Å². The summed E-state index contributed by atoms with van der Waals surface area (Å²) in [7, 11) is 1.56. The zero-order valence-electron chi connectivity index (χ0n) is 10.8. The topological polar surface area (TPSA) is 85.7 Å². The largest absolute Gasteiger partial charge is 0.493 e. The monoisotopic (exact) mass is 273 g/mol. The number of benzene rings is 1. The number of hydrogen-bond donors (Lipinski definition) is 1. The summed E-state index contributed by atoms with van der Waals surface area (Å²) in [5, 5.41) is 13.5. The van der Waals surface area contributed by atoms with Crippen LogP contribution in [0.5, 0.6) is 5.75 Å². The Morgan fingerprint density at radius 2 is 2.15 bits per heavy atom. The number of hydrogen-bond acceptors (Lipinski definition) is 5. The third-order valence-electron chi connectivity index (χ3n) is 2.99. The van der Waals surface area contributed by atoms with Crippen molar-refractivity contribution in [2.24, 2.45) is 0 Å². The van der Waals surface area contributed by atoms with Gasteiger partial charge in [0, 0.05) is 17.0 Å². The Balaban J connectivity index is 2.22. The Bertz CT molecular complexity index is 799. The van der Waals surface area contributed by atoms with Gasteiger partial charge in [-0.25, -0.2) is 4.79 Å². The molecule has 0 unspecified atom stereocenters. The molecule has 20 heavy (non-hydrogen) atoms. The third-order valence-corrected chi connectivity index (χ3v) is 2.99. The summed E-state index contributed by atoms with van der Waals surface area (Å²) in [5.74, 6) is -0.0208. The summed E-state index contributed by atoms with van der Waals surface area (Å²) < 4.78 is 15.6. The molecule has 0 amide bonds. The van der Waals surface area contributed by atoms with E-state index < -0.39 is 5.97 Å². The maximum atomic E-state index is 10.8. The van der Waals surface area contributed by atoms with E-state index >= 15 is 0 Å². The zero-order chi connectivity index (χ0) is 14.3. The lowest BCUT2D eigenvalue weighted by molar-refractivity contribution is 0.0652. The molecule has 6 nitrogen and oxygen atoms in total. The molecular formula is C14H11NO5. The number of carboxylic acid groups (broad SMARTS) is 1. The first kappa shape index (κ1) is 12.3. The van der Waals surface area contributed by atoms with Crippen molar-refractivity contribution in [2.45, 2.75) is 6.92 Å². The van der Waals surface area contributed by atoms with Crippen LogP contribution in [-0.2, 0) is 0 Å². The number of fused-ring (bicyclic) bond motifs is 1. The summed E-state index contributed by atoms with van der Waals surface area (Å²) in [6.45, 7) is 1.83. The maximum absolute atomic E-state index is 10.8. The molecule has 0 bridgehead atoms. The Kier molecular flexibility index (Phi) is 2.71. The number of methoxy groups -OCH3 is 1. The van der Waals surface area contributed by atoms with Crippen LogP contribution >= 0.6 is 0 Å². The summed E-state index contributed by atoms with van der Waals surface area (Å²) in [6.07, 6.45) is 0. The molecule has 2 aromatic heterocycles. The van der Waals surface area contributed by atoms with Gasteiger partial charge in [-0.1, -0.05) is 5.16 Å². The van der Waals surface area contributed by atoms with Gasteiger partial charge < -0.3 is 18.8 Å². The van der Waals surface area contributed by atoms with E-state index in [-0.39, 0.29) is 5.76 Å². The van der Waals surface area contributed by atoms with Crippen molar-refractivity contribution < 1.29 is 23.6 Å². The second-order valence-corrected chi connectivity index (χ2v) is 4.30. The van der Waals surface area contributed by atoms with E-state index in [1.807, 2.05) is 13.0 Å². The molecule has 6 heteroatoms. The number of aryl methyl sites for hydroxylation is 1. The van der Waals surface area contributed by atoms with Crippen LogP contribution in [0.2, 0.25) is 0 Å². The molecule has 3 aromatic rings. The molecule has 102 valence electrons. The lowest BCUT2D eigenvalue weighted by atomic mass is 10.1. The lowest BCUT2D eigenvalue weighted by Gasteiger charge is -2.03. The Labute approximate surface area is 113 Å². The molecule has 0 saturated carbocycles. The van der Waals surface area contributed by atoms with Gasteiger partial charge in [-0.15, -0.1) is 0 Å². The van der Waals surface area contributed by atoms with Crippen LogP contribution < -0.4 is 4.74 Å². The molecule has 0 spiro atoms. The molecule has 3 rings (SSSR count). The maximum Gasteiger partial charge on any atom is 0.374 e. The minimum Gasteiger partial charge on any atom is -0.493 e. The second kappa shape index (κ2) is 4.41. The first-order valence-corrected chi connectivity index (χ1v) is 5.87. The standard InChI is InChI=1S/C14H11NO5/c1-7-5-9-8(3-4-11(18-2)13(9)19-7)10-6-12(14(16)17)20-15-10/h3-6H,1-2H3,(H,16,17). The number of aromatic carboxylic acids is 1. The predicted molar refractivity (Wildman–Crippen MR) is 70.0 cm³/mol. The zero-order valence-corrected chi connectivity index (χ0v) is 10.8. The molecule has 0 aliphatic rings. The minimum absolute atomic E-state index is 0.204. The Hall–Kier alpha value is -2.76. The number of carbonyl (C=O) groups is 1. The summed E-state index contributed by atoms with van der Waals surface area (Å²) in [6, 6.07) is 6.77. The quantitative estimate of drug-likeness (QED) is 0.789. The van der Waals surface area contributed by atoms with Crippen molar-refractivity contribution in [3.05, 3.63) is 35.8 Å². The first-order valence-electron chi connectivity index (χ1n) is 5.87. The highest BCUT2D eigenvalue weighted by Crippen LogP contribution is 2.36. The van der Waals surface area contributed by atoms with Gasteiger partial charge in [-0.05, 0) is 25.1 Å². The van der Waals surface area contributed by atoms with Crippen molar-refractivity contribution in [3.8, 4) is 17.0 Å². The fourth-order valence-corrected chi connectivity index (χ4v) is 2.11. The molecule has 1 N–H and O–H groups in total. The van der Waals surface area contributed by atoms with Crippen LogP contribution in [0, 0.1) is 6.92 Å². The molecule has 2 heterocycles. The first-order chi connectivity index (χ1) is 9.60. The van der Waals surface area contributed by atoms with Crippen LogP contribution in [-0.4, -0.2) is 23.3 Å². The van der Waals surface area contributed by atoms with Crippen molar-refractivity contribution in [1.82, 2.24) is 5.16 Å². The van der Waals surface area contributed by atoms with Crippen LogP contribution in [0.4, 0.5) is 0 Å². The molecule has 0 atom stereocenters. The predicted octanol–water partition coefficient (Wildman–Crippen LogP) is 3.10. The fraction of sp³-hybridized carbons (Fsp3) is 0.143. The molecule has 1 aromatic carbocycles. The number of rotatable bonds is 3. The van der Waals surface area contributed by atoms with Crippen LogP contribution in [0.25, 0.3) is 22.2 Å². The van der Waals surface area contributed by atoms with Gasteiger partial charge in [0.2, 0.25) is 5.76 Å². The number of aromatic nitrogens is 1. The third kappa shape index (κ3) is 1.82. The highest BCUT2D eigenvalue weighted by Gasteiger charge is 2.17. The average Bonchev–Trinajstić information content (AvgIpc) is 3.02. The normalized spacial score (nSPS) is 10.9. The van der Waals surface area contributed by atoms with Crippen LogP contribution in [0.1, 0.15) is 16.3 Å². The number of carboxylic acids is 1. The van der Waals surface area contributed by atoms with E-state index in [4.69, 9.17) is 18.8 Å². The molecule has 0 aliphatic heterocycles. The second-order valence-electron chi connectivity index (χ2n) is 4.30. The van der Waals surface area contributed by atoms with Gasteiger partial charge in [0.05, 0.1) is 7.11 Å². The average molecular weight is 273 g/mol. The smallest absolute Gasteiger partial charge is 0.374 e. The summed E-state index contributed by atoms with van der Waals surface area (Å²) in [4.78, 5) is 10.8. The van der Waals surface area contributed by atoms with E-state index in [2.05, 4.69) is 5.16 Å². The summed E-state index contributed by atoms with van der Waals surface area (Å²) >= 11 is 0. The van der Waals surface area contributed by atoms with E-state index in [0.717, 1.165) is 16.7 Å². The highest BCUT2D eigenvalue weighted by molar-refractivity contribution is 5.97. The SMILES string of the molecule is COc1ccc(-c2cc(C(=O)O)on2)c2cc(C)oc12. The van der Waals surface area contributed by atoms with Gasteiger partial charge in [-0.3, -0.25) is 0 Å². The van der Waals surface area contributed by atoms with Crippen molar-refractivity contribution >= 4 is 16.9 Å². The molecular weight excluding hydrogens is 262 g/mol. The molecule has 0 fully saturated rings. The fourth-order valence-electron chi connectivity index (χ4n) is 2.11. The number of ether oxygens (including phenoxy) is 1. The minimum atomic E-state index is -1.16. The number of furan rings is 1. The van der Waals surface area contributed by atoms with E-state index in [9.17, 15) is 4.79 Å².